The fraction of sp³-hybridized carbons (Fsp3) is 1.00. The van der Waals surface area contributed by atoms with Crippen molar-refractivity contribution in [2.24, 2.45) is 5.92 Å². The first-order chi connectivity index (χ1) is 8.96. The van der Waals surface area contributed by atoms with Gasteiger partial charge in [-0.15, -0.1) is 0 Å². The van der Waals surface area contributed by atoms with Gasteiger partial charge in [-0.05, 0) is 45.2 Å². The molecule has 0 aliphatic rings. The fourth-order valence-corrected chi connectivity index (χ4v) is 10.3. The number of hydrogen-bond donors (Lipinski definition) is 1. The highest BCUT2D eigenvalue weighted by Crippen LogP contribution is 2.27. The summed E-state index contributed by atoms with van der Waals surface area (Å²) in [6.45, 7) is 18.9. The number of hydrogen-bond acceptors (Lipinski definition) is 4. The van der Waals surface area contributed by atoms with E-state index in [0.717, 1.165) is 0 Å². The van der Waals surface area contributed by atoms with Crippen LogP contribution >= 0.6 is 0 Å². The van der Waals surface area contributed by atoms with Crippen molar-refractivity contribution < 1.29 is 18.1 Å². The molecule has 0 aliphatic heterocycles. The van der Waals surface area contributed by atoms with Gasteiger partial charge in [0.2, 0.25) is 0 Å². The quantitative estimate of drug-likeness (QED) is 0.491. The summed E-state index contributed by atoms with van der Waals surface area (Å²) in [4.78, 5) is 0. The molecule has 20 heavy (non-hydrogen) atoms. The molecule has 2 atom stereocenters. The molecule has 0 aromatic heterocycles. The maximum atomic E-state index is 8.78. The van der Waals surface area contributed by atoms with Gasteiger partial charge >= 0.3 is 9.28 Å². The van der Waals surface area contributed by atoms with Crippen molar-refractivity contribution in [2.45, 2.75) is 58.7 Å². The molecule has 0 saturated heterocycles. The summed E-state index contributed by atoms with van der Waals surface area (Å²) >= 11 is 0. The maximum absolute atomic E-state index is 8.78. The zero-order valence-electron chi connectivity index (χ0n) is 14.5. The van der Waals surface area contributed by atoms with E-state index in [1.54, 1.807) is 0 Å². The molecule has 0 rings (SSSR count). The van der Waals surface area contributed by atoms with Crippen molar-refractivity contribution in [3.05, 3.63) is 0 Å². The lowest BCUT2D eigenvalue weighted by molar-refractivity contribution is 0.0689. The lowest BCUT2D eigenvalue weighted by atomic mass is 10.1. The van der Waals surface area contributed by atoms with Gasteiger partial charge in [0.15, 0.2) is 16.6 Å². The van der Waals surface area contributed by atoms with E-state index < -0.39 is 25.9 Å². The summed E-state index contributed by atoms with van der Waals surface area (Å²) in [5, 5.41) is 8.78. The molecule has 0 fully saturated rings. The summed E-state index contributed by atoms with van der Waals surface area (Å²) < 4.78 is 18.2. The van der Waals surface area contributed by atoms with Crippen molar-refractivity contribution >= 4 is 25.9 Å². The third-order valence-electron chi connectivity index (χ3n) is 2.88. The molecule has 4 nitrogen and oxygen atoms in total. The summed E-state index contributed by atoms with van der Waals surface area (Å²) in [5.74, 6) is 0.394. The van der Waals surface area contributed by atoms with Crippen LogP contribution in [0.2, 0.25) is 44.8 Å². The largest absolute Gasteiger partial charge is 0.439 e. The lowest BCUT2D eigenvalue weighted by Gasteiger charge is -2.36. The molecule has 0 radical (unpaired) electrons. The van der Waals surface area contributed by atoms with Crippen LogP contribution in [-0.4, -0.2) is 50.8 Å². The zero-order chi connectivity index (χ0) is 16.0. The third-order valence-corrected chi connectivity index (χ3v) is 11.9. The van der Waals surface area contributed by atoms with E-state index in [1.807, 2.05) is 0 Å². The lowest BCUT2D eigenvalue weighted by Crippen LogP contribution is -2.46. The molecule has 2 unspecified atom stereocenters. The number of ether oxygens (including phenoxy) is 1. The first kappa shape index (κ1) is 20.5. The molecule has 0 aliphatic carbocycles. The number of aliphatic hydroxyl groups excluding tert-OH is 1. The van der Waals surface area contributed by atoms with Gasteiger partial charge in [-0.3, -0.25) is 0 Å². The Labute approximate surface area is 128 Å². The summed E-state index contributed by atoms with van der Waals surface area (Å²) in [6, 6.07) is 0. The first-order valence-corrected chi connectivity index (χ1v) is 15.9. The molecular weight excluding hydrogens is 304 g/mol. The Morgan fingerprint density at radius 3 is 1.75 bits per heavy atom. The van der Waals surface area contributed by atoms with Gasteiger partial charge < -0.3 is 18.1 Å². The average molecular weight is 339 g/mol. The van der Waals surface area contributed by atoms with Crippen LogP contribution in [0.5, 0.6) is 0 Å². The van der Waals surface area contributed by atoms with Crippen molar-refractivity contribution in [3.8, 4) is 0 Å². The Kier molecular flexibility index (Phi) is 9.03. The number of aliphatic hydroxyl groups is 1. The Hall–Kier alpha value is 0.491. The minimum absolute atomic E-state index is 0.0821. The predicted octanol–water partition coefficient (Wildman–Crippen LogP) is 2.95. The molecule has 7 heteroatoms. The van der Waals surface area contributed by atoms with Gasteiger partial charge in [0.05, 0.1) is 13.2 Å². The molecule has 0 aromatic rings. The molecular formula is C13H34O4Si3. The van der Waals surface area contributed by atoms with Crippen LogP contribution in [0.4, 0.5) is 0 Å². The number of rotatable bonds is 10. The second-order valence-electron chi connectivity index (χ2n) is 7.46. The highest BCUT2D eigenvalue weighted by Gasteiger charge is 2.35. The van der Waals surface area contributed by atoms with E-state index in [4.69, 9.17) is 18.1 Å². The Morgan fingerprint density at radius 2 is 1.40 bits per heavy atom. The van der Waals surface area contributed by atoms with Crippen LogP contribution in [0.1, 0.15) is 13.8 Å². The van der Waals surface area contributed by atoms with Crippen molar-refractivity contribution in [1.29, 1.82) is 0 Å². The fourth-order valence-electron chi connectivity index (χ4n) is 1.69. The molecule has 0 bridgehead atoms. The molecule has 0 aromatic carbocycles. The van der Waals surface area contributed by atoms with Gasteiger partial charge in [-0.1, -0.05) is 13.8 Å². The Balaban J connectivity index is 4.65. The maximum Gasteiger partial charge on any atom is 0.304 e. The van der Waals surface area contributed by atoms with E-state index in [0.29, 0.717) is 24.7 Å². The summed E-state index contributed by atoms with van der Waals surface area (Å²) in [6.07, 6.45) is 0. The zero-order valence-corrected chi connectivity index (χ0v) is 17.7. The van der Waals surface area contributed by atoms with Crippen LogP contribution in [0, 0.1) is 5.92 Å². The molecule has 0 amide bonds. The van der Waals surface area contributed by atoms with Crippen LogP contribution < -0.4 is 0 Å². The minimum atomic E-state index is -1.71. The van der Waals surface area contributed by atoms with E-state index in [-0.39, 0.29) is 6.61 Å². The van der Waals surface area contributed by atoms with Gasteiger partial charge in [0.1, 0.15) is 0 Å². The monoisotopic (exact) mass is 338 g/mol. The Bertz CT molecular complexity index is 247. The summed E-state index contributed by atoms with van der Waals surface area (Å²) in [5.41, 5.74) is 0.409. The molecule has 1 N–H and O–H groups in total. The average Bonchev–Trinajstić information content (AvgIpc) is 2.23. The standard InChI is InChI=1S/C13H34O4Si3/c1-12(11-15-10-9-14)13(2)18(16-19(3,4)5)17-20(6,7)8/h12-14,18H,9-11H2,1-8H3. The van der Waals surface area contributed by atoms with Crippen LogP contribution in [0.3, 0.4) is 0 Å². The van der Waals surface area contributed by atoms with Crippen LogP contribution in [0.25, 0.3) is 0 Å². The van der Waals surface area contributed by atoms with Crippen LogP contribution in [-0.2, 0) is 13.0 Å². The molecule has 0 saturated carbocycles. The Morgan fingerprint density at radius 1 is 0.950 bits per heavy atom. The van der Waals surface area contributed by atoms with Crippen molar-refractivity contribution in [2.75, 3.05) is 19.8 Å². The van der Waals surface area contributed by atoms with E-state index in [2.05, 4.69) is 53.1 Å². The third kappa shape index (κ3) is 10.3. The second kappa shape index (κ2) is 8.82. The van der Waals surface area contributed by atoms with E-state index >= 15 is 0 Å². The van der Waals surface area contributed by atoms with Gasteiger partial charge in [-0.2, -0.15) is 0 Å². The molecule has 0 heterocycles. The highest BCUT2D eigenvalue weighted by atomic mass is 28.4. The predicted molar refractivity (Wildman–Crippen MR) is 92.5 cm³/mol. The van der Waals surface area contributed by atoms with E-state index in [1.165, 1.54) is 0 Å². The highest BCUT2D eigenvalue weighted by molar-refractivity contribution is 6.81. The topological polar surface area (TPSA) is 47.9 Å². The summed E-state index contributed by atoms with van der Waals surface area (Å²) in [7, 11) is -4.88. The minimum Gasteiger partial charge on any atom is -0.439 e. The molecule has 122 valence electrons. The molecule has 0 spiro atoms. The normalized spacial score (nSPS) is 16.5. The van der Waals surface area contributed by atoms with Crippen molar-refractivity contribution in [3.63, 3.8) is 0 Å². The van der Waals surface area contributed by atoms with Crippen LogP contribution in [0.15, 0.2) is 0 Å². The van der Waals surface area contributed by atoms with Crippen molar-refractivity contribution in [1.82, 2.24) is 0 Å². The van der Waals surface area contributed by atoms with Gasteiger partial charge in [-0.25, -0.2) is 0 Å². The SMILES string of the molecule is CC(COCCO)C(C)[SiH](O[Si](C)(C)C)O[Si](C)(C)C. The van der Waals surface area contributed by atoms with Gasteiger partial charge in [0.25, 0.3) is 0 Å². The smallest absolute Gasteiger partial charge is 0.304 e. The second-order valence-corrected chi connectivity index (χ2v) is 19.6. The first-order valence-electron chi connectivity index (χ1n) is 7.50. The van der Waals surface area contributed by atoms with Gasteiger partial charge in [0, 0.05) is 12.1 Å². The van der Waals surface area contributed by atoms with E-state index in [9.17, 15) is 0 Å².